The van der Waals surface area contributed by atoms with Crippen LogP contribution in [0.3, 0.4) is 0 Å². The Morgan fingerprint density at radius 2 is 1.95 bits per heavy atom. The van der Waals surface area contributed by atoms with Gasteiger partial charge in [-0.05, 0) is 35.2 Å². The van der Waals surface area contributed by atoms with Crippen molar-refractivity contribution in [2.24, 2.45) is 0 Å². The molecule has 0 aliphatic rings. The topological polar surface area (TPSA) is 29.5 Å². The number of hydrogen-bond donors (Lipinski definition) is 1. The number of ether oxygens (including phenoxy) is 1. The molecule has 2 nitrogen and oxygen atoms in total. The van der Waals surface area contributed by atoms with Crippen LogP contribution in [0.5, 0.6) is 0 Å². The summed E-state index contributed by atoms with van der Waals surface area (Å²) >= 11 is 6.11. The molecule has 1 N–H and O–H groups in total. The van der Waals surface area contributed by atoms with Crippen LogP contribution in [0, 0.1) is 6.92 Å². The summed E-state index contributed by atoms with van der Waals surface area (Å²) in [6.45, 7) is 2.42. The second-order valence-electron chi connectivity index (χ2n) is 4.54. The molecule has 0 aliphatic carbocycles. The number of benzene rings is 2. The fourth-order valence-corrected chi connectivity index (χ4v) is 2.24. The summed E-state index contributed by atoms with van der Waals surface area (Å²) in [7, 11) is 1.64. The summed E-state index contributed by atoms with van der Waals surface area (Å²) in [6, 6.07) is 13.3. The van der Waals surface area contributed by atoms with Crippen molar-refractivity contribution in [3.8, 4) is 0 Å². The number of halogens is 1. The van der Waals surface area contributed by atoms with E-state index in [1.165, 1.54) is 0 Å². The first kappa shape index (κ1) is 14.1. The molecule has 0 aliphatic heterocycles. The highest BCUT2D eigenvalue weighted by atomic mass is 35.5. The van der Waals surface area contributed by atoms with Crippen LogP contribution in [0.1, 0.15) is 28.4 Å². The van der Waals surface area contributed by atoms with Gasteiger partial charge in [0.25, 0.3) is 0 Å². The number of aryl methyl sites for hydroxylation is 1. The summed E-state index contributed by atoms with van der Waals surface area (Å²) in [5, 5.41) is 11.2. The Labute approximate surface area is 118 Å². The zero-order valence-corrected chi connectivity index (χ0v) is 11.8. The molecule has 1 atom stereocenters. The van der Waals surface area contributed by atoms with Gasteiger partial charge in [-0.3, -0.25) is 0 Å². The second kappa shape index (κ2) is 6.20. The molecule has 19 heavy (non-hydrogen) atoms. The van der Waals surface area contributed by atoms with Gasteiger partial charge in [-0.1, -0.05) is 48.0 Å². The lowest BCUT2D eigenvalue weighted by Gasteiger charge is -2.16. The van der Waals surface area contributed by atoms with Gasteiger partial charge in [-0.15, -0.1) is 0 Å². The van der Waals surface area contributed by atoms with E-state index >= 15 is 0 Å². The van der Waals surface area contributed by atoms with Gasteiger partial charge in [0.15, 0.2) is 0 Å². The van der Waals surface area contributed by atoms with Gasteiger partial charge in [0, 0.05) is 12.1 Å². The van der Waals surface area contributed by atoms with Gasteiger partial charge in [-0.25, -0.2) is 0 Å². The fourth-order valence-electron chi connectivity index (χ4n) is 2.05. The summed E-state index contributed by atoms with van der Waals surface area (Å²) < 4.78 is 5.16. The van der Waals surface area contributed by atoms with E-state index < -0.39 is 6.10 Å². The van der Waals surface area contributed by atoms with E-state index in [9.17, 15) is 5.11 Å². The predicted molar refractivity (Wildman–Crippen MR) is 77.4 cm³/mol. The highest BCUT2D eigenvalue weighted by Gasteiger charge is 2.14. The van der Waals surface area contributed by atoms with Crippen molar-refractivity contribution >= 4 is 11.6 Å². The van der Waals surface area contributed by atoms with Crippen LogP contribution in [0.4, 0.5) is 0 Å². The largest absolute Gasteiger partial charge is 0.384 e. The summed E-state index contributed by atoms with van der Waals surface area (Å²) in [4.78, 5) is 0. The zero-order valence-electron chi connectivity index (χ0n) is 11.1. The Bertz CT molecular complexity index is 566. The van der Waals surface area contributed by atoms with Crippen molar-refractivity contribution in [3.05, 3.63) is 69.7 Å². The minimum Gasteiger partial charge on any atom is -0.384 e. The molecule has 0 amide bonds. The van der Waals surface area contributed by atoms with E-state index in [1.807, 2.05) is 49.4 Å². The van der Waals surface area contributed by atoms with E-state index in [0.29, 0.717) is 11.6 Å². The maximum atomic E-state index is 10.5. The molecule has 0 fully saturated rings. The molecule has 0 radical (unpaired) electrons. The summed E-state index contributed by atoms with van der Waals surface area (Å²) in [6.07, 6.45) is -0.690. The Morgan fingerprint density at radius 3 is 2.63 bits per heavy atom. The standard InChI is InChI=1S/C16H17ClO2/c1-11-7-8-12(9-15(11)17)16(18)14-6-4-3-5-13(14)10-19-2/h3-9,16,18H,10H2,1-2H3. The van der Waals surface area contributed by atoms with E-state index in [2.05, 4.69) is 0 Å². The molecular formula is C16H17ClO2. The van der Waals surface area contributed by atoms with Crippen molar-refractivity contribution in [2.45, 2.75) is 19.6 Å². The van der Waals surface area contributed by atoms with Crippen molar-refractivity contribution in [1.82, 2.24) is 0 Å². The predicted octanol–water partition coefficient (Wildman–Crippen LogP) is 3.88. The third-order valence-electron chi connectivity index (χ3n) is 3.16. The van der Waals surface area contributed by atoms with Crippen molar-refractivity contribution in [2.75, 3.05) is 7.11 Å². The smallest absolute Gasteiger partial charge is 0.104 e. The first-order valence-electron chi connectivity index (χ1n) is 6.14. The van der Waals surface area contributed by atoms with E-state index in [0.717, 1.165) is 22.3 Å². The molecule has 0 bridgehead atoms. The number of aliphatic hydroxyl groups excluding tert-OH is 1. The van der Waals surface area contributed by atoms with Crippen LogP contribution in [0.2, 0.25) is 5.02 Å². The van der Waals surface area contributed by atoms with Gasteiger partial charge < -0.3 is 9.84 Å². The van der Waals surface area contributed by atoms with Crippen molar-refractivity contribution in [3.63, 3.8) is 0 Å². The maximum absolute atomic E-state index is 10.5. The zero-order chi connectivity index (χ0) is 13.8. The minimum atomic E-state index is -0.690. The lowest BCUT2D eigenvalue weighted by atomic mass is 9.96. The Morgan fingerprint density at radius 1 is 1.21 bits per heavy atom. The highest BCUT2D eigenvalue weighted by Crippen LogP contribution is 2.28. The fraction of sp³-hybridized carbons (Fsp3) is 0.250. The summed E-state index contributed by atoms with van der Waals surface area (Å²) in [5.41, 5.74) is 3.63. The van der Waals surface area contributed by atoms with Crippen LogP contribution in [0.25, 0.3) is 0 Å². The average Bonchev–Trinajstić information content (AvgIpc) is 2.42. The van der Waals surface area contributed by atoms with Gasteiger partial charge in [0.2, 0.25) is 0 Å². The van der Waals surface area contributed by atoms with Crippen LogP contribution >= 0.6 is 11.6 Å². The molecule has 3 heteroatoms. The molecule has 2 aromatic carbocycles. The highest BCUT2D eigenvalue weighted by molar-refractivity contribution is 6.31. The third kappa shape index (κ3) is 3.16. The van der Waals surface area contributed by atoms with Crippen molar-refractivity contribution in [1.29, 1.82) is 0 Å². The number of rotatable bonds is 4. The first-order valence-corrected chi connectivity index (χ1v) is 6.52. The molecule has 0 saturated heterocycles. The van der Waals surface area contributed by atoms with Gasteiger partial charge in [0.1, 0.15) is 6.10 Å². The number of hydrogen-bond acceptors (Lipinski definition) is 2. The third-order valence-corrected chi connectivity index (χ3v) is 3.57. The quantitative estimate of drug-likeness (QED) is 0.918. The van der Waals surface area contributed by atoms with Gasteiger partial charge in [0.05, 0.1) is 6.61 Å². The number of aliphatic hydroxyl groups is 1. The molecule has 2 rings (SSSR count). The monoisotopic (exact) mass is 276 g/mol. The van der Waals surface area contributed by atoms with Crippen LogP contribution in [-0.2, 0) is 11.3 Å². The minimum absolute atomic E-state index is 0.479. The van der Waals surface area contributed by atoms with E-state index in [1.54, 1.807) is 7.11 Å². The lowest BCUT2D eigenvalue weighted by Crippen LogP contribution is -2.04. The first-order chi connectivity index (χ1) is 9.13. The van der Waals surface area contributed by atoms with Crippen LogP contribution in [0.15, 0.2) is 42.5 Å². The molecule has 0 spiro atoms. The lowest BCUT2D eigenvalue weighted by molar-refractivity contribution is 0.176. The molecule has 2 aromatic rings. The Balaban J connectivity index is 2.37. The van der Waals surface area contributed by atoms with Crippen LogP contribution < -0.4 is 0 Å². The molecule has 1 unspecified atom stereocenters. The normalized spacial score (nSPS) is 12.4. The molecular weight excluding hydrogens is 260 g/mol. The van der Waals surface area contributed by atoms with E-state index in [4.69, 9.17) is 16.3 Å². The molecule has 0 heterocycles. The van der Waals surface area contributed by atoms with Gasteiger partial charge >= 0.3 is 0 Å². The summed E-state index contributed by atoms with van der Waals surface area (Å²) in [5.74, 6) is 0. The second-order valence-corrected chi connectivity index (χ2v) is 4.95. The molecule has 100 valence electrons. The Hall–Kier alpha value is -1.35. The van der Waals surface area contributed by atoms with Gasteiger partial charge in [-0.2, -0.15) is 0 Å². The number of methoxy groups -OCH3 is 1. The molecule has 0 aromatic heterocycles. The van der Waals surface area contributed by atoms with E-state index in [-0.39, 0.29) is 0 Å². The average molecular weight is 277 g/mol. The van der Waals surface area contributed by atoms with Crippen molar-refractivity contribution < 1.29 is 9.84 Å². The van der Waals surface area contributed by atoms with Crippen LogP contribution in [-0.4, -0.2) is 12.2 Å². The Kier molecular flexibility index (Phi) is 4.59. The molecule has 0 saturated carbocycles. The maximum Gasteiger partial charge on any atom is 0.104 e. The SMILES string of the molecule is COCc1ccccc1C(O)c1ccc(C)c(Cl)c1.